The molecule has 0 spiro atoms. The molecule has 2 N–H and O–H groups in total. The predicted molar refractivity (Wildman–Crippen MR) is 100 cm³/mol. The van der Waals surface area contributed by atoms with Crippen molar-refractivity contribution in [1.82, 2.24) is 0 Å². The quantitative estimate of drug-likeness (QED) is 0.819. The number of fused-ring (bicyclic) bond motifs is 1. The van der Waals surface area contributed by atoms with Crippen molar-refractivity contribution in [1.29, 1.82) is 0 Å². The second-order valence-corrected chi connectivity index (χ2v) is 7.05. The summed E-state index contributed by atoms with van der Waals surface area (Å²) in [6, 6.07) is 15.5. The van der Waals surface area contributed by atoms with Gasteiger partial charge < -0.3 is 14.9 Å². The molecule has 0 saturated carbocycles. The standard InChI is InChI=1S/C22H26O4/c1-3-22(4-2,21(24)25)17-10-11-18-19(13-17)26-14-16(20(18)23)12-15-8-6-5-7-9-15/h5-11,13,16,20,23H,3-4,12,14H2,1-2H3,(H,24,25)/t16-,20+/m0/s1. The van der Waals surface area contributed by atoms with E-state index in [0.29, 0.717) is 25.2 Å². The summed E-state index contributed by atoms with van der Waals surface area (Å²) in [5, 5.41) is 20.6. The normalized spacial score (nSPS) is 19.5. The van der Waals surface area contributed by atoms with E-state index >= 15 is 0 Å². The van der Waals surface area contributed by atoms with Gasteiger partial charge in [-0.3, -0.25) is 4.79 Å². The molecule has 26 heavy (non-hydrogen) atoms. The van der Waals surface area contributed by atoms with Gasteiger partial charge in [-0.2, -0.15) is 0 Å². The predicted octanol–water partition coefficient (Wildman–Crippen LogP) is 4.11. The van der Waals surface area contributed by atoms with Crippen LogP contribution in [0.15, 0.2) is 48.5 Å². The van der Waals surface area contributed by atoms with E-state index in [1.807, 2.05) is 44.2 Å². The summed E-state index contributed by atoms with van der Waals surface area (Å²) >= 11 is 0. The van der Waals surface area contributed by atoms with Gasteiger partial charge in [0.25, 0.3) is 0 Å². The minimum absolute atomic E-state index is 0.0164. The van der Waals surface area contributed by atoms with Crippen LogP contribution >= 0.6 is 0 Å². The number of benzene rings is 2. The van der Waals surface area contributed by atoms with E-state index in [1.54, 1.807) is 6.07 Å². The number of hydrogen-bond donors (Lipinski definition) is 2. The van der Waals surface area contributed by atoms with Crippen LogP contribution in [-0.4, -0.2) is 22.8 Å². The van der Waals surface area contributed by atoms with Crippen LogP contribution in [0.2, 0.25) is 0 Å². The topological polar surface area (TPSA) is 66.8 Å². The Labute approximate surface area is 154 Å². The molecule has 0 saturated heterocycles. The molecule has 2 aromatic rings. The Morgan fingerprint density at radius 1 is 1.15 bits per heavy atom. The van der Waals surface area contributed by atoms with Crippen LogP contribution in [0.3, 0.4) is 0 Å². The molecular formula is C22H26O4. The molecule has 0 aliphatic carbocycles. The van der Waals surface area contributed by atoms with Crippen molar-refractivity contribution in [3.63, 3.8) is 0 Å². The molecule has 0 radical (unpaired) electrons. The Balaban J connectivity index is 1.87. The highest BCUT2D eigenvalue weighted by Crippen LogP contribution is 2.41. The Morgan fingerprint density at radius 3 is 2.46 bits per heavy atom. The van der Waals surface area contributed by atoms with E-state index in [0.717, 1.165) is 17.5 Å². The fraction of sp³-hybridized carbons (Fsp3) is 0.409. The third kappa shape index (κ3) is 3.21. The fourth-order valence-electron chi connectivity index (χ4n) is 3.91. The first-order valence-corrected chi connectivity index (χ1v) is 9.24. The smallest absolute Gasteiger partial charge is 0.314 e. The summed E-state index contributed by atoms with van der Waals surface area (Å²) in [7, 11) is 0. The van der Waals surface area contributed by atoms with Crippen molar-refractivity contribution < 1.29 is 19.7 Å². The maximum Gasteiger partial charge on any atom is 0.314 e. The van der Waals surface area contributed by atoms with Crippen molar-refractivity contribution in [2.24, 2.45) is 5.92 Å². The zero-order chi connectivity index (χ0) is 18.7. The van der Waals surface area contributed by atoms with Crippen molar-refractivity contribution in [3.05, 3.63) is 65.2 Å². The van der Waals surface area contributed by atoms with Crippen LogP contribution in [0.4, 0.5) is 0 Å². The maximum absolute atomic E-state index is 11.9. The number of ether oxygens (including phenoxy) is 1. The molecule has 1 heterocycles. The average Bonchev–Trinajstić information content (AvgIpc) is 2.66. The first-order valence-electron chi connectivity index (χ1n) is 9.24. The Morgan fingerprint density at radius 2 is 1.85 bits per heavy atom. The fourth-order valence-corrected chi connectivity index (χ4v) is 3.91. The highest BCUT2D eigenvalue weighted by Gasteiger charge is 2.38. The van der Waals surface area contributed by atoms with Gasteiger partial charge in [0.05, 0.1) is 18.1 Å². The molecule has 2 atom stereocenters. The van der Waals surface area contributed by atoms with Gasteiger partial charge in [0.15, 0.2) is 0 Å². The lowest BCUT2D eigenvalue weighted by Gasteiger charge is -2.33. The number of aliphatic hydroxyl groups excluding tert-OH is 1. The van der Waals surface area contributed by atoms with Crippen LogP contribution in [0.5, 0.6) is 5.75 Å². The van der Waals surface area contributed by atoms with Gasteiger partial charge in [0, 0.05) is 11.5 Å². The third-order valence-corrected chi connectivity index (χ3v) is 5.74. The van der Waals surface area contributed by atoms with Gasteiger partial charge in [0.1, 0.15) is 5.75 Å². The van der Waals surface area contributed by atoms with E-state index in [1.165, 1.54) is 5.56 Å². The van der Waals surface area contributed by atoms with E-state index in [9.17, 15) is 15.0 Å². The minimum atomic E-state index is -0.912. The van der Waals surface area contributed by atoms with Crippen LogP contribution in [0.25, 0.3) is 0 Å². The lowest BCUT2D eigenvalue weighted by atomic mass is 9.75. The largest absolute Gasteiger partial charge is 0.493 e. The van der Waals surface area contributed by atoms with Crippen LogP contribution in [0, 0.1) is 5.92 Å². The van der Waals surface area contributed by atoms with Crippen molar-refractivity contribution in [2.75, 3.05) is 6.61 Å². The number of carboxylic acid groups (broad SMARTS) is 1. The number of aliphatic hydroxyl groups is 1. The molecule has 4 heteroatoms. The third-order valence-electron chi connectivity index (χ3n) is 5.74. The highest BCUT2D eigenvalue weighted by molar-refractivity contribution is 5.81. The molecule has 0 amide bonds. The monoisotopic (exact) mass is 354 g/mol. The molecule has 1 aliphatic rings. The van der Waals surface area contributed by atoms with E-state index in [4.69, 9.17) is 4.74 Å². The zero-order valence-electron chi connectivity index (χ0n) is 15.3. The highest BCUT2D eigenvalue weighted by atomic mass is 16.5. The van der Waals surface area contributed by atoms with E-state index in [-0.39, 0.29) is 5.92 Å². The second-order valence-electron chi connectivity index (χ2n) is 7.05. The summed E-state index contributed by atoms with van der Waals surface area (Å²) in [4.78, 5) is 11.9. The van der Waals surface area contributed by atoms with E-state index < -0.39 is 17.5 Å². The van der Waals surface area contributed by atoms with Gasteiger partial charge in [-0.25, -0.2) is 0 Å². The molecule has 0 bridgehead atoms. The zero-order valence-corrected chi connectivity index (χ0v) is 15.3. The second kappa shape index (κ2) is 7.50. The van der Waals surface area contributed by atoms with Gasteiger partial charge in [-0.1, -0.05) is 56.3 Å². The summed E-state index contributed by atoms with van der Waals surface area (Å²) in [5.41, 5.74) is 1.74. The van der Waals surface area contributed by atoms with E-state index in [2.05, 4.69) is 12.1 Å². The molecule has 138 valence electrons. The summed E-state index contributed by atoms with van der Waals surface area (Å²) < 4.78 is 5.93. The molecule has 0 aromatic heterocycles. The molecular weight excluding hydrogens is 328 g/mol. The average molecular weight is 354 g/mol. The van der Waals surface area contributed by atoms with Gasteiger partial charge in [-0.05, 0) is 36.5 Å². The summed E-state index contributed by atoms with van der Waals surface area (Å²) in [6.45, 7) is 4.20. The molecule has 1 aliphatic heterocycles. The SMILES string of the molecule is CCC(CC)(C(=O)O)c1ccc2c(c1)OC[C@H](Cc1ccccc1)[C@H]2O. The maximum atomic E-state index is 11.9. The molecule has 0 fully saturated rings. The number of carboxylic acids is 1. The van der Waals surface area contributed by atoms with Crippen molar-refractivity contribution in [2.45, 2.75) is 44.6 Å². The van der Waals surface area contributed by atoms with Gasteiger partial charge >= 0.3 is 5.97 Å². The lowest BCUT2D eigenvalue weighted by molar-refractivity contribution is -0.144. The number of rotatable bonds is 6. The number of hydrogen-bond acceptors (Lipinski definition) is 3. The Kier molecular flexibility index (Phi) is 5.33. The van der Waals surface area contributed by atoms with Crippen molar-refractivity contribution >= 4 is 5.97 Å². The molecule has 0 unspecified atom stereocenters. The molecule has 3 rings (SSSR count). The van der Waals surface area contributed by atoms with Crippen LogP contribution in [-0.2, 0) is 16.6 Å². The summed E-state index contributed by atoms with van der Waals surface area (Å²) in [6.07, 6.45) is 1.15. The van der Waals surface area contributed by atoms with Crippen molar-refractivity contribution in [3.8, 4) is 5.75 Å². The van der Waals surface area contributed by atoms with Crippen LogP contribution < -0.4 is 4.74 Å². The number of carbonyl (C=O) groups is 1. The minimum Gasteiger partial charge on any atom is -0.493 e. The number of aliphatic carboxylic acids is 1. The summed E-state index contributed by atoms with van der Waals surface area (Å²) in [5.74, 6) is -0.232. The molecule has 4 nitrogen and oxygen atoms in total. The Hall–Kier alpha value is -2.33. The van der Waals surface area contributed by atoms with Gasteiger partial charge in [-0.15, -0.1) is 0 Å². The molecule has 2 aromatic carbocycles. The Bertz CT molecular complexity index is 765. The first-order chi connectivity index (χ1) is 12.5. The van der Waals surface area contributed by atoms with Gasteiger partial charge in [0.2, 0.25) is 0 Å². The lowest BCUT2D eigenvalue weighted by Crippen LogP contribution is -2.35. The first kappa shape index (κ1) is 18.5. The van der Waals surface area contributed by atoms with Crippen LogP contribution in [0.1, 0.15) is 49.5 Å².